The summed E-state index contributed by atoms with van der Waals surface area (Å²) in [6.07, 6.45) is 0. The minimum Gasteiger partial charge on any atom is -0.0537 e. The highest BCUT2D eigenvalue weighted by molar-refractivity contribution is 5.81. The van der Waals surface area contributed by atoms with Gasteiger partial charge < -0.3 is 0 Å². The first-order chi connectivity index (χ1) is 4.97. The van der Waals surface area contributed by atoms with Crippen molar-refractivity contribution < 1.29 is 0 Å². The molecule has 0 saturated carbocycles. The van der Waals surface area contributed by atoms with Gasteiger partial charge in [0.15, 0.2) is 0 Å². The summed E-state index contributed by atoms with van der Waals surface area (Å²) in [5.41, 5.74) is 0. The molecule has 0 N–H and O–H groups in total. The zero-order valence-electron chi connectivity index (χ0n) is 5.39. The molecule has 0 bridgehead atoms. The first-order valence-corrected chi connectivity index (χ1v) is 3.14. The zero-order chi connectivity index (χ0) is 6.81. The molecule has 0 amide bonds. The van der Waals surface area contributed by atoms with Crippen LogP contribution in [0.2, 0.25) is 0 Å². The number of rotatable bonds is 0. The minimum absolute atomic E-state index is 1.17. The fraction of sp³-hybridized carbons (Fsp3) is 0. The third-order valence-corrected chi connectivity index (χ3v) is 1.47. The highest BCUT2D eigenvalue weighted by Gasteiger charge is 1.86. The predicted octanol–water partition coefficient (Wildman–Crippen LogP) is 2.24. The lowest BCUT2D eigenvalue weighted by atomic mass is 10.1. The standard InChI is InChI=1S/C10H5/c1-2-6-10-8-4-3-7-9(10)5-1/h1,5-8H. The molecule has 0 heterocycles. The Morgan fingerprint density at radius 1 is 0.900 bits per heavy atom. The number of benzene rings is 2. The summed E-state index contributed by atoms with van der Waals surface area (Å²) in [6.45, 7) is 0. The lowest BCUT2D eigenvalue weighted by molar-refractivity contribution is 1.71. The summed E-state index contributed by atoms with van der Waals surface area (Å²) in [5.74, 6) is 0. The maximum absolute atomic E-state index is 3.00. The second-order valence-electron chi connectivity index (χ2n) is 2.13. The second kappa shape index (κ2) is 2.14. The molecule has 0 aliphatic carbocycles. The van der Waals surface area contributed by atoms with E-state index in [0.717, 1.165) is 0 Å². The Balaban J connectivity index is 2.89. The minimum atomic E-state index is 1.17. The quantitative estimate of drug-likeness (QED) is 0.506. The molecule has 0 spiro atoms. The van der Waals surface area contributed by atoms with Gasteiger partial charge in [-0.1, -0.05) is 12.1 Å². The smallest absolute Gasteiger partial charge is 0.00923 e. The van der Waals surface area contributed by atoms with Gasteiger partial charge in [-0.25, -0.2) is 0 Å². The maximum atomic E-state index is 3.00. The van der Waals surface area contributed by atoms with Crippen LogP contribution in [0, 0.1) is 18.2 Å². The summed E-state index contributed by atoms with van der Waals surface area (Å²) < 4.78 is 0. The normalized spacial score (nSPS) is 10.0. The summed E-state index contributed by atoms with van der Waals surface area (Å²) in [7, 11) is 0. The molecule has 10 heavy (non-hydrogen) atoms. The molecule has 0 atom stereocenters. The Bertz CT molecular complexity index is 271. The molecule has 0 aliphatic heterocycles. The predicted molar refractivity (Wildman–Crippen MR) is 40.5 cm³/mol. The van der Waals surface area contributed by atoms with E-state index in [2.05, 4.69) is 18.2 Å². The fourth-order valence-corrected chi connectivity index (χ4v) is 0.951. The maximum Gasteiger partial charge on any atom is -0.00923 e. The van der Waals surface area contributed by atoms with Crippen LogP contribution >= 0.6 is 0 Å². The van der Waals surface area contributed by atoms with Crippen LogP contribution in [0.3, 0.4) is 0 Å². The Labute approximate surface area is 60.1 Å². The van der Waals surface area contributed by atoms with Crippen LogP contribution in [0.5, 0.6) is 0 Å². The number of hydrogen-bond donors (Lipinski definition) is 0. The fourth-order valence-electron chi connectivity index (χ4n) is 0.951. The van der Waals surface area contributed by atoms with Gasteiger partial charge in [0.05, 0.1) is 0 Å². The van der Waals surface area contributed by atoms with Crippen molar-refractivity contribution in [2.75, 3.05) is 0 Å². The van der Waals surface area contributed by atoms with Gasteiger partial charge in [0.25, 0.3) is 0 Å². The van der Waals surface area contributed by atoms with E-state index in [1.807, 2.05) is 30.3 Å². The van der Waals surface area contributed by atoms with E-state index >= 15 is 0 Å². The average Bonchev–Trinajstić information content (AvgIpc) is 2.05. The molecule has 2 rings (SSSR count). The second-order valence-corrected chi connectivity index (χ2v) is 2.13. The van der Waals surface area contributed by atoms with Gasteiger partial charge in [-0.3, -0.25) is 0 Å². The highest BCUT2D eigenvalue weighted by atomic mass is 13.9. The summed E-state index contributed by atoms with van der Waals surface area (Å²) >= 11 is 0. The molecule has 0 fully saturated rings. The largest absolute Gasteiger partial charge is 0.0537 e. The van der Waals surface area contributed by atoms with Crippen LogP contribution in [0.25, 0.3) is 10.8 Å². The molecular formula is C10H5. The van der Waals surface area contributed by atoms with Crippen molar-refractivity contribution in [1.82, 2.24) is 0 Å². The molecule has 45 valence electrons. The SMILES string of the molecule is [c]1[c]cc2cc[c]cc2c1. The Morgan fingerprint density at radius 2 is 1.70 bits per heavy atom. The van der Waals surface area contributed by atoms with E-state index in [0.29, 0.717) is 0 Å². The van der Waals surface area contributed by atoms with Crippen molar-refractivity contribution in [3.8, 4) is 0 Å². The van der Waals surface area contributed by atoms with E-state index in [-0.39, 0.29) is 0 Å². The van der Waals surface area contributed by atoms with Crippen LogP contribution in [0.4, 0.5) is 0 Å². The van der Waals surface area contributed by atoms with E-state index in [1.165, 1.54) is 10.8 Å². The molecule has 2 aromatic carbocycles. The monoisotopic (exact) mass is 125 g/mol. The lowest BCUT2D eigenvalue weighted by Crippen LogP contribution is -1.68. The molecule has 0 unspecified atom stereocenters. The van der Waals surface area contributed by atoms with Crippen LogP contribution in [-0.4, -0.2) is 0 Å². The van der Waals surface area contributed by atoms with Crippen LogP contribution in [0.15, 0.2) is 30.3 Å². The van der Waals surface area contributed by atoms with Crippen LogP contribution in [-0.2, 0) is 0 Å². The van der Waals surface area contributed by atoms with Crippen molar-refractivity contribution in [2.45, 2.75) is 0 Å². The number of hydrogen-bond acceptors (Lipinski definition) is 0. The van der Waals surface area contributed by atoms with Crippen molar-refractivity contribution in [1.29, 1.82) is 0 Å². The van der Waals surface area contributed by atoms with Gasteiger partial charge in [-0.2, -0.15) is 0 Å². The van der Waals surface area contributed by atoms with Crippen molar-refractivity contribution in [3.05, 3.63) is 48.5 Å². The first-order valence-electron chi connectivity index (χ1n) is 3.14. The van der Waals surface area contributed by atoms with Crippen molar-refractivity contribution >= 4 is 10.8 Å². The third-order valence-electron chi connectivity index (χ3n) is 1.47. The zero-order valence-corrected chi connectivity index (χ0v) is 5.39. The van der Waals surface area contributed by atoms with E-state index in [9.17, 15) is 0 Å². The van der Waals surface area contributed by atoms with Gasteiger partial charge in [-0.05, 0) is 47.2 Å². The first kappa shape index (κ1) is 5.48. The molecule has 0 aromatic heterocycles. The van der Waals surface area contributed by atoms with Gasteiger partial charge >= 0.3 is 0 Å². The Hall–Kier alpha value is -1.30. The third kappa shape index (κ3) is 0.781. The molecule has 3 radical (unpaired) electrons. The van der Waals surface area contributed by atoms with Crippen molar-refractivity contribution in [3.63, 3.8) is 0 Å². The van der Waals surface area contributed by atoms with E-state index in [4.69, 9.17) is 0 Å². The van der Waals surface area contributed by atoms with E-state index < -0.39 is 0 Å². The van der Waals surface area contributed by atoms with Gasteiger partial charge in [0.2, 0.25) is 0 Å². The molecule has 0 aliphatic rings. The lowest BCUT2D eigenvalue weighted by Gasteiger charge is -1.91. The molecule has 0 saturated heterocycles. The van der Waals surface area contributed by atoms with Gasteiger partial charge in [-0.15, -0.1) is 0 Å². The van der Waals surface area contributed by atoms with Crippen LogP contribution in [0.1, 0.15) is 0 Å². The highest BCUT2D eigenvalue weighted by Crippen LogP contribution is 2.10. The summed E-state index contributed by atoms with van der Waals surface area (Å²) in [4.78, 5) is 0. The topological polar surface area (TPSA) is 0 Å². The number of fused-ring (bicyclic) bond motifs is 1. The van der Waals surface area contributed by atoms with Gasteiger partial charge in [0, 0.05) is 0 Å². The van der Waals surface area contributed by atoms with E-state index in [1.54, 1.807) is 0 Å². The molecular weight excluding hydrogens is 120 g/mol. The molecule has 0 heteroatoms. The summed E-state index contributed by atoms with van der Waals surface area (Å²) in [6, 6.07) is 18.5. The molecule has 2 aromatic rings. The Kier molecular flexibility index (Phi) is 1.17. The average molecular weight is 125 g/mol. The molecule has 0 nitrogen and oxygen atoms in total. The van der Waals surface area contributed by atoms with Crippen molar-refractivity contribution in [2.24, 2.45) is 0 Å². The Morgan fingerprint density at radius 3 is 2.50 bits per heavy atom. The van der Waals surface area contributed by atoms with Gasteiger partial charge in [0.1, 0.15) is 0 Å². The summed E-state index contributed by atoms with van der Waals surface area (Å²) in [5, 5.41) is 2.36. The van der Waals surface area contributed by atoms with Crippen LogP contribution < -0.4 is 0 Å².